The van der Waals surface area contributed by atoms with E-state index in [-0.39, 0.29) is 11.5 Å². The van der Waals surface area contributed by atoms with E-state index in [0.29, 0.717) is 37.5 Å². The van der Waals surface area contributed by atoms with Crippen LogP contribution in [-0.2, 0) is 0 Å². The minimum atomic E-state index is -0.791. The molecule has 136 valence electrons. The summed E-state index contributed by atoms with van der Waals surface area (Å²) in [5.74, 6) is -1.58. The van der Waals surface area contributed by atoms with Gasteiger partial charge in [0.25, 0.3) is 11.8 Å². The van der Waals surface area contributed by atoms with Crippen molar-refractivity contribution in [2.75, 3.05) is 33.3 Å². The largest absolute Gasteiger partial charge is 0.497 e. The van der Waals surface area contributed by atoms with Gasteiger partial charge in [-0.15, -0.1) is 0 Å². The molecule has 0 aliphatic carbocycles. The molecule has 0 unspecified atom stereocenters. The highest BCUT2D eigenvalue weighted by molar-refractivity contribution is 5.96. The van der Waals surface area contributed by atoms with Crippen LogP contribution < -0.4 is 4.74 Å². The van der Waals surface area contributed by atoms with E-state index in [4.69, 9.17) is 4.74 Å². The van der Waals surface area contributed by atoms with Gasteiger partial charge in [-0.05, 0) is 30.3 Å². The molecule has 0 saturated carbocycles. The predicted molar refractivity (Wildman–Crippen MR) is 91.2 cm³/mol. The second-order valence-electron chi connectivity index (χ2n) is 5.97. The molecule has 26 heavy (non-hydrogen) atoms. The van der Waals surface area contributed by atoms with Gasteiger partial charge in [0.15, 0.2) is 0 Å². The summed E-state index contributed by atoms with van der Waals surface area (Å²) in [5, 5.41) is 0. The second kappa shape index (κ2) is 7.51. The maximum absolute atomic E-state index is 13.3. The lowest BCUT2D eigenvalue weighted by molar-refractivity contribution is 0.0535. The molecule has 1 fully saturated rings. The van der Waals surface area contributed by atoms with Gasteiger partial charge in [0.1, 0.15) is 17.4 Å². The molecule has 0 bridgehead atoms. The van der Waals surface area contributed by atoms with Crippen molar-refractivity contribution in [2.24, 2.45) is 0 Å². The molecular weight excluding hydrogens is 342 g/mol. The third-order valence-electron chi connectivity index (χ3n) is 4.28. The van der Waals surface area contributed by atoms with E-state index in [1.807, 2.05) is 0 Å². The molecule has 5 nitrogen and oxygen atoms in total. The minimum Gasteiger partial charge on any atom is -0.497 e. The highest BCUT2D eigenvalue weighted by Crippen LogP contribution is 2.17. The Morgan fingerprint density at radius 3 is 1.92 bits per heavy atom. The number of carbonyl (C=O) groups is 2. The standard InChI is InChI=1S/C19H18F2N2O3/c1-26-17-4-2-3-13(11-17)18(24)22-5-7-23(8-6-22)19(25)14-9-15(20)12-16(21)10-14/h2-4,9-12H,5-8H2,1H3. The Morgan fingerprint density at radius 2 is 1.38 bits per heavy atom. The summed E-state index contributed by atoms with van der Waals surface area (Å²) < 4.78 is 31.7. The van der Waals surface area contributed by atoms with Crippen molar-refractivity contribution in [1.82, 2.24) is 9.80 Å². The van der Waals surface area contributed by atoms with Gasteiger partial charge in [-0.1, -0.05) is 6.07 Å². The highest BCUT2D eigenvalue weighted by atomic mass is 19.1. The zero-order valence-electron chi connectivity index (χ0n) is 14.2. The van der Waals surface area contributed by atoms with Crippen LogP contribution in [0.2, 0.25) is 0 Å². The average molecular weight is 360 g/mol. The average Bonchev–Trinajstić information content (AvgIpc) is 2.66. The fourth-order valence-electron chi connectivity index (χ4n) is 2.91. The Bertz CT molecular complexity index is 813. The van der Waals surface area contributed by atoms with Crippen LogP contribution in [0, 0.1) is 11.6 Å². The summed E-state index contributed by atoms with van der Waals surface area (Å²) in [5.41, 5.74) is 0.478. The molecule has 7 heteroatoms. The zero-order chi connectivity index (χ0) is 18.7. The molecule has 1 aliphatic rings. The molecule has 0 radical (unpaired) electrons. The summed E-state index contributed by atoms with van der Waals surface area (Å²) >= 11 is 0. The first-order valence-corrected chi connectivity index (χ1v) is 8.16. The van der Waals surface area contributed by atoms with E-state index in [2.05, 4.69) is 0 Å². The van der Waals surface area contributed by atoms with Crippen LogP contribution in [0.5, 0.6) is 5.75 Å². The van der Waals surface area contributed by atoms with Gasteiger partial charge in [0.05, 0.1) is 7.11 Å². The van der Waals surface area contributed by atoms with Gasteiger partial charge in [0.2, 0.25) is 0 Å². The minimum absolute atomic E-state index is 0.0323. The summed E-state index contributed by atoms with van der Waals surface area (Å²) in [6.45, 7) is 1.29. The third-order valence-corrected chi connectivity index (χ3v) is 4.28. The van der Waals surface area contributed by atoms with Crippen molar-refractivity contribution in [2.45, 2.75) is 0 Å². The zero-order valence-corrected chi connectivity index (χ0v) is 14.2. The normalized spacial score (nSPS) is 14.3. The lowest BCUT2D eigenvalue weighted by atomic mass is 10.1. The predicted octanol–water partition coefficient (Wildman–Crippen LogP) is 2.57. The molecule has 2 aromatic rings. The number of nitrogens with zero attached hydrogens (tertiary/aromatic N) is 2. The molecule has 1 aliphatic heterocycles. The van der Waals surface area contributed by atoms with Crippen LogP contribution in [0.15, 0.2) is 42.5 Å². The Kier molecular flexibility index (Phi) is 5.16. The first-order valence-electron chi connectivity index (χ1n) is 8.16. The fraction of sp³-hybridized carbons (Fsp3) is 0.263. The summed E-state index contributed by atoms with van der Waals surface area (Å²) in [6, 6.07) is 9.61. The number of rotatable bonds is 3. The Balaban J connectivity index is 1.65. The SMILES string of the molecule is COc1cccc(C(=O)N2CCN(C(=O)c3cc(F)cc(F)c3)CC2)c1. The molecule has 0 atom stereocenters. The van der Waals surface area contributed by atoms with Crippen LogP contribution in [0.4, 0.5) is 8.78 Å². The van der Waals surface area contributed by atoms with Gasteiger partial charge < -0.3 is 14.5 Å². The van der Waals surface area contributed by atoms with Gasteiger partial charge in [0, 0.05) is 43.4 Å². The Labute approximate surface area is 149 Å². The number of methoxy groups -OCH3 is 1. The van der Waals surface area contributed by atoms with Gasteiger partial charge in [-0.3, -0.25) is 9.59 Å². The van der Waals surface area contributed by atoms with Crippen molar-refractivity contribution in [3.8, 4) is 5.75 Å². The number of hydrogen-bond donors (Lipinski definition) is 0. The molecule has 2 aromatic carbocycles. The van der Waals surface area contributed by atoms with Crippen molar-refractivity contribution in [3.05, 3.63) is 65.2 Å². The van der Waals surface area contributed by atoms with Crippen molar-refractivity contribution in [3.63, 3.8) is 0 Å². The van der Waals surface area contributed by atoms with Gasteiger partial charge in [-0.25, -0.2) is 8.78 Å². The van der Waals surface area contributed by atoms with Crippen LogP contribution >= 0.6 is 0 Å². The quantitative estimate of drug-likeness (QED) is 0.845. The lowest BCUT2D eigenvalue weighted by Crippen LogP contribution is -2.50. The number of hydrogen-bond acceptors (Lipinski definition) is 3. The molecule has 0 spiro atoms. The van der Waals surface area contributed by atoms with Crippen LogP contribution in [0.25, 0.3) is 0 Å². The van der Waals surface area contributed by atoms with Crippen molar-refractivity contribution < 1.29 is 23.1 Å². The van der Waals surface area contributed by atoms with E-state index in [9.17, 15) is 18.4 Å². The Morgan fingerprint density at radius 1 is 0.846 bits per heavy atom. The summed E-state index contributed by atoms with van der Waals surface area (Å²) in [7, 11) is 1.53. The molecular formula is C19H18F2N2O3. The summed E-state index contributed by atoms with van der Waals surface area (Å²) in [4.78, 5) is 28.1. The van der Waals surface area contributed by atoms with Crippen molar-refractivity contribution in [1.29, 1.82) is 0 Å². The number of piperazine rings is 1. The Hall–Kier alpha value is -2.96. The molecule has 2 amide bonds. The monoisotopic (exact) mass is 360 g/mol. The maximum atomic E-state index is 13.3. The van der Waals surface area contributed by atoms with E-state index in [0.717, 1.165) is 18.2 Å². The number of amides is 2. The number of ether oxygens (including phenoxy) is 1. The molecule has 0 N–H and O–H groups in total. The number of halogens is 2. The first kappa shape index (κ1) is 17.8. The molecule has 1 heterocycles. The van der Waals surface area contributed by atoms with Gasteiger partial charge in [-0.2, -0.15) is 0 Å². The lowest BCUT2D eigenvalue weighted by Gasteiger charge is -2.35. The first-order chi connectivity index (χ1) is 12.5. The van der Waals surface area contributed by atoms with E-state index in [1.165, 1.54) is 12.0 Å². The smallest absolute Gasteiger partial charge is 0.254 e. The van der Waals surface area contributed by atoms with Crippen LogP contribution in [0.3, 0.4) is 0 Å². The summed E-state index contributed by atoms with van der Waals surface area (Å²) in [6.07, 6.45) is 0. The van der Waals surface area contributed by atoms with E-state index < -0.39 is 17.5 Å². The molecule has 1 saturated heterocycles. The van der Waals surface area contributed by atoms with E-state index >= 15 is 0 Å². The third kappa shape index (κ3) is 3.82. The number of carbonyl (C=O) groups excluding carboxylic acids is 2. The van der Waals surface area contributed by atoms with E-state index in [1.54, 1.807) is 29.2 Å². The second-order valence-corrected chi connectivity index (χ2v) is 5.97. The van der Waals surface area contributed by atoms with Crippen LogP contribution in [-0.4, -0.2) is 54.9 Å². The fourth-order valence-corrected chi connectivity index (χ4v) is 2.91. The molecule has 3 rings (SSSR count). The topological polar surface area (TPSA) is 49.9 Å². The van der Waals surface area contributed by atoms with Crippen molar-refractivity contribution >= 4 is 11.8 Å². The number of benzene rings is 2. The maximum Gasteiger partial charge on any atom is 0.254 e. The van der Waals surface area contributed by atoms with Crippen LogP contribution in [0.1, 0.15) is 20.7 Å². The molecule has 0 aromatic heterocycles. The highest BCUT2D eigenvalue weighted by Gasteiger charge is 2.26. The van der Waals surface area contributed by atoms with Gasteiger partial charge >= 0.3 is 0 Å².